The monoisotopic (exact) mass is 285 g/mol. The lowest BCUT2D eigenvalue weighted by molar-refractivity contribution is -0.130. The van der Waals surface area contributed by atoms with E-state index < -0.39 is 0 Å². The van der Waals surface area contributed by atoms with Crippen LogP contribution in [0.2, 0.25) is 0 Å². The first-order valence-corrected chi connectivity index (χ1v) is 7.16. The molecule has 1 aliphatic heterocycles. The second-order valence-electron chi connectivity index (χ2n) is 5.41. The van der Waals surface area contributed by atoms with Crippen LogP contribution in [0.15, 0.2) is 36.7 Å². The summed E-state index contributed by atoms with van der Waals surface area (Å²) < 4.78 is 0. The number of benzene rings is 1. The van der Waals surface area contributed by atoms with Crippen LogP contribution < -0.4 is 5.73 Å². The van der Waals surface area contributed by atoms with Crippen molar-refractivity contribution in [2.24, 2.45) is 5.73 Å². The van der Waals surface area contributed by atoms with Crippen LogP contribution in [0.25, 0.3) is 0 Å². The van der Waals surface area contributed by atoms with Crippen molar-refractivity contribution in [3.05, 3.63) is 48.0 Å². The highest BCUT2D eigenvalue weighted by atomic mass is 16.2. The van der Waals surface area contributed by atoms with Crippen molar-refractivity contribution in [1.82, 2.24) is 20.1 Å². The number of nitrogens with one attached hydrogen (secondary N) is 1. The fraction of sp³-hybridized carbons (Fsp3) is 0.400. The Morgan fingerprint density at radius 3 is 2.86 bits per heavy atom. The van der Waals surface area contributed by atoms with Gasteiger partial charge >= 0.3 is 0 Å². The molecule has 110 valence electrons. The van der Waals surface area contributed by atoms with Gasteiger partial charge in [-0.3, -0.25) is 9.89 Å². The lowest BCUT2D eigenvalue weighted by Crippen LogP contribution is -2.32. The van der Waals surface area contributed by atoms with Gasteiger partial charge in [0.05, 0.1) is 0 Å². The Labute approximate surface area is 123 Å². The summed E-state index contributed by atoms with van der Waals surface area (Å²) in [6, 6.07) is 10.2. The van der Waals surface area contributed by atoms with Crippen LogP contribution in [0.4, 0.5) is 0 Å². The summed E-state index contributed by atoms with van der Waals surface area (Å²) in [4.78, 5) is 18.2. The Hall–Kier alpha value is -2.21. The van der Waals surface area contributed by atoms with Crippen LogP contribution >= 0.6 is 0 Å². The molecular formula is C15H19N5O. The number of likely N-dealkylation sites (tertiary alicyclic amines) is 1. The molecule has 6 nitrogen and oxygen atoms in total. The average Bonchev–Trinajstić information content (AvgIpc) is 3.15. The first-order chi connectivity index (χ1) is 10.2. The molecule has 1 aromatic heterocycles. The topological polar surface area (TPSA) is 87.9 Å². The molecule has 0 spiro atoms. The van der Waals surface area contributed by atoms with Crippen LogP contribution in [0.5, 0.6) is 0 Å². The first-order valence-electron chi connectivity index (χ1n) is 7.16. The number of carbonyl (C=O) groups excluding carboxylic acids is 1. The lowest BCUT2D eigenvalue weighted by atomic mass is 9.95. The van der Waals surface area contributed by atoms with Gasteiger partial charge in [0.2, 0.25) is 5.91 Å². The number of hydrogen-bond donors (Lipinski definition) is 2. The van der Waals surface area contributed by atoms with Gasteiger partial charge in [0, 0.05) is 37.9 Å². The van der Waals surface area contributed by atoms with Crippen molar-refractivity contribution >= 4 is 5.91 Å². The number of carbonyl (C=O) groups is 1. The van der Waals surface area contributed by atoms with Gasteiger partial charge in [-0.25, -0.2) is 4.98 Å². The Kier molecular flexibility index (Phi) is 3.96. The summed E-state index contributed by atoms with van der Waals surface area (Å²) >= 11 is 0. The van der Waals surface area contributed by atoms with E-state index >= 15 is 0 Å². The molecule has 0 saturated carbocycles. The number of amides is 1. The van der Waals surface area contributed by atoms with Crippen LogP contribution in [0.1, 0.15) is 23.7 Å². The van der Waals surface area contributed by atoms with Gasteiger partial charge in [-0.1, -0.05) is 30.3 Å². The number of nitrogens with zero attached hydrogens (tertiary/aromatic N) is 3. The molecule has 0 aliphatic carbocycles. The van der Waals surface area contributed by atoms with Crippen LogP contribution in [0.3, 0.4) is 0 Å². The molecule has 1 amide bonds. The molecule has 3 N–H and O–H groups in total. The third kappa shape index (κ3) is 3.11. The molecule has 1 fully saturated rings. The molecular weight excluding hydrogens is 266 g/mol. The second-order valence-corrected chi connectivity index (χ2v) is 5.41. The van der Waals surface area contributed by atoms with Gasteiger partial charge in [0.25, 0.3) is 0 Å². The van der Waals surface area contributed by atoms with E-state index in [1.165, 1.54) is 11.9 Å². The SMILES string of the molecule is N[C@@H]1CN(C(=O)CCc2ncn[nH]2)C[C@H]1c1ccccc1. The predicted octanol–water partition coefficient (Wildman–Crippen LogP) is 0.691. The van der Waals surface area contributed by atoms with E-state index in [4.69, 9.17) is 5.73 Å². The number of H-pyrrole nitrogens is 1. The van der Waals surface area contributed by atoms with E-state index in [0.717, 1.165) is 5.82 Å². The van der Waals surface area contributed by atoms with Gasteiger partial charge in [0.1, 0.15) is 12.2 Å². The molecule has 6 heteroatoms. The second kappa shape index (κ2) is 6.05. The van der Waals surface area contributed by atoms with Gasteiger partial charge in [-0.2, -0.15) is 5.10 Å². The summed E-state index contributed by atoms with van der Waals surface area (Å²) in [7, 11) is 0. The molecule has 2 heterocycles. The highest BCUT2D eigenvalue weighted by Gasteiger charge is 2.33. The number of aromatic amines is 1. The zero-order valence-corrected chi connectivity index (χ0v) is 11.8. The van der Waals surface area contributed by atoms with Gasteiger partial charge in [-0.05, 0) is 5.56 Å². The standard InChI is InChI=1S/C15H19N5O/c16-13-9-20(8-12(13)11-4-2-1-3-5-11)15(21)7-6-14-17-10-18-19-14/h1-5,10,12-13H,6-9,16H2,(H,17,18,19)/t12-,13+/m0/s1. The van der Waals surface area contributed by atoms with Crippen LogP contribution in [-0.4, -0.2) is 45.1 Å². The lowest BCUT2D eigenvalue weighted by Gasteiger charge is -2.16. The number of rotatable bonds is 4. The minimum atomic E-state index is 0.00151. The molecule has 21 heavy (non-hydrogen) atoms. The summed E-state index contributed by atoms with van der Waals surface area (Å²) in [5.74, 6) is 1.09. The van der Waals surface area contributed by atoms with Gasteiger partial charge in [0.15, 0.2) is 0 Å². The van der Waals surface area contributed by atoms with Crippen molar-refractivity contribution in [3.63, 3.8) is 0 Å². The smallest absolute Gasteiger partial charge is 0.223 e. The van der Waals surface area contributed by atoms with Crippen molar-refractivity contribution in [2.75, 3.05) is 13.1 Å². The summed E-state index contributed by atoms with van der Waals surface area (Å²) in [5, 5.41) is 6.55. The Morgan fingerprint density at radius 1 is 1.33 bits per heavy atom. The Morgan fingerprint density at radius 2 is 2.14 bits per heavy atom. The zero-order valence-electron chi connectivity index (χ0n) is 11.8. The van der Waals surface area contributed by atoms with Gasteiger partial charge < -0.3 is 10.6 Å². The fourth-order valence-electron chi connectivity index (χ4n) is 2.82. The summed E-state index contributed by atoms with van der Waals surface area (Å²) in [5.41, 5.74) is 7.41. The highest BCUT2D eigenvalue weighted by molar-refractivity contribution is 5.77. The minimum Gasteiger partial charge on any atom is -0.340 e. The summed E-state index contributed by atoms with van der Waals surface area (Å²) in [6.07, 6.45) is 2.47. The van der Waals surface area contributed by atoms with Crippen LogP contribution in [0, 0.1) is 0 Å². The Bertz CT molecular complexity index is 583. The molecule has 2 aromatic rings. The highest BCUT2D eigenvalue weighted by Crippen LogP contribution is 2.26. The van der Waals surface area contributed by atoms with E-state index in [0.29, 0.717) is 25.9 Å². The maximum atomic E-state index is 12.3. The van der Waals surface area contributed by atoms with Crippen molar-refractivity contribution < 1.29 is 4.79 Å². The third-order valence-corrected chi connectivity index (χ3v) is 3.99. The van der Waals surface area contributed by atoms with Crippen LogP contribution in [-0.2, 0) is 11.2 Å². The average molecular weight is 285 g/mol. The first kappa shape index (κ1) is 13.8. The van der Waals surface area contributed by atoms with E-state index in [1.807, 2.05) is 23.1 Å². The van der Waals surface area contributed by atoms with Crippen molar-refractivity contribution in [2.45, 2.75) is 24.8 Å². The van der Waals surface area contributed by atoms with E-state index in [1.54, 1.807) is 0 Å². The zero-order chi connectivity index (χ0) is 14.7. The fourth-order valence-corrected chi connectivity index (χ4v) is 2.82. The molecule has 0 radical (unpaired) electrons. The largest absolute Gasteiger partial charge is 0.340 e. The molecule has 0 unspecified atom stereocenters. The maximum Gasteiger partial charge on any atom is 0.223 e. The predicted molar refractivity (Wildman–Crippen MR) is 78.4 cm³/mol. The quantitative estimate of drug-likeness (QED) is 0.865. The molecule has 1 aliphatic rings. The molecule has 1 aromatic carbocycles. The van der Waals surface area contributed by atoms with E-state index in [9.17, 15) is 4.79 Å². The van der Waals surface area contributed by atoms with E-state index in [2.05, 4.69) is 27.3 Å². The molecule has 1 saturated heterocycles. The number of aryl methyl sites for hydroxylation is 1. The Balaban J connectivity index is 1.59. The maximum absolute atomic E-state index is 12.3. The van der Waals surface area contributed by atoms with E-state index in [-0.39, 0.29) is 17.9 Å². The minimum absolute atomic E-state index is 0.00151. The molecule has 3 rings (SSSR count). The third-order valence-electron chi connectivity index (χ3n) is 3.99. The normalized spacial score (nSPS) is 21.7. The number of hydrogen-bond acceptors (Lipinski definition) is 4. The summed E-state index contributed by atoms with van der Waals surface area (Å²) in [6.45, 7) is 1.31. The van der Waals surface area contributed by atoms with Crippen molar-refractivity contribution in [3.8, 4) is 0 Å². The molecule has 0 bridgehead atoms. The number of nitrogens with two attached hydrogens (primary N) is 1. The van der Waals surface area contributed by atoms with Gasteiger partial charge in [-0.15, -0.1) is 0 Å². The number of aromatic nitrogens is 3. The molecule has 2 atom stereocenters. The van der Waals surface area contributed by atoms with Crippen molar-refractivity contribution in [1.29, 1.82) is 0 Å².